The molecule has 0 aliphatic heterocycles. The number of ether oxygens (including phenoxy) is 1. The molecule has 0 spiro atoms. The van der Waals surface area contributed by atoms with E-state index >= 15 is 0 Å². The molecule has 0 fully saturated rings. The first-order chi connectivity index (χ1) is 8.75. The quantitative estimate of drug-likeness (QED) is 0.878. The lowest BCUT2D eigenvalue weighted by molar-refractivity contribution is -0.119. The molecule has 1 rings (SSSR count). The third kappa shape index (κ3) is 4.24. The number of nitrogens with two attached hydrogens (primary N) is 1. The van der Waals surface area contributed by atoms with Crippen molar-refractivity contribution in [3.05, 3.63) is 23.8 Å². The van der Waals surface area contributed by atoms with E-state index in [9.17, 15) is 4.79 Å². The van der Waals surface area contributed by atoms with Crippen molar-refractivity contribution in [3.63, 3.8) is 0 Å². The molecule has 3 N–H and O–H groups in total. The molecule has 1 aromatic rings. The molecule has 0 bridgehead atoms. The maximum atomic E-state index is 12.1. The average Bonchev–Trinajstić information content (AvgIpc) is 2.30. The van der Waals surface area contributed by atoms with E-state index in [4.69, 9.17) is 10.5 Å². The molecule has 0 unspecified atom stereocenters. The zero-order chi connectivity index (χ0) is 14.6. The Hall–Kier alpha value is -1.55. The minimum atomic E-state index is -0.566. The fourth-order valence-electron chi connectivity index (χ4n) is 1.61. The van der Waals surface area contributed by atoms with Crippen molar-refractivity contribution in [2.24, 2.45) is 11.1 Å². The number of hydrogen-bond donors (Lipinski definition) is 2. The molecule has 0 aliphatic rings. The van der Waals surface area contributed by atoms with Crippen molar-refractivity contribution in [3.8, 4) is 5.75 Å². The van der Waals surface area contributed by atoms with Gasteiger partial charge in [-0.05, 0) is 37.0 Å². The highest BCUT2D eigenvalue weighted by Gasteiger charge is 2.27. The van der Waals surface area contributed by atoms with E-state index in [2.05, 4.69) is 5.32 Å². The van der Waals surface area contributed by atoms with Crippen molar-refractivity contribution < 1.29 is 9.53 Å². The van der Waals surface area contributed by atoms with Crippen LogP contribution in [0.5, 0.6) is 5.75 Å². The largest absolute Gasteiger partial charge is 0.492 e. The molecule has 0 heterocycles. The summed E-state index contributed by atoms with van der Waals surface area (Å²) in [6.45, 7) is 10.3. The Bertz CT molecular complexity index is 450. The van der Waals surface area contributed by atoms with Gasteiger partial charge in [0, 0.05) is 0 Å². The minimum absolute atomic E-state index is 0.197. The Morgan fingerprint density at radius 1 is 1.42 bits per heavy atom. The molecular formula is C15H24N2O2. The van der Waals surface area contributed by atoms with Crippen LogP contribution in [0.25, 0.3) is 0 Å². The summed E-state index contributed by atoms with van der Waals surface area (Å²) in [6, 6.07) is 5.11. The molecule has 0 radical (unpaired) electrons. The minimum Gasteiger partial charge on any atom is -0.492 e. The number of benzene rings is 1. The molecule has 4 heteroatoms. The standard InChI is InChI=1S/C15H24N2O2/c1-6-19-12-9-10(2)7-8-11(12)17-14(18)13(16)15(3,4)5/h7-9,13H,6,16H2,1-5H3,(H,17,18)/t13-/m1/s1. The number of amides is 1. The van der Waals surface area contributed by atoms with Crippen molar-refractivity contribution in [1.82, 2.24) is 0 Å². The van der Waals surface area contributed by atoms with Crippen LogP contribution in [0.3, 0.4) is 0 Å². The maximum Gasteiger partial charge on any atom is 0.241 e. The first-order valence-electron chi connectivity index (χ1n) is 6.55. The molecule has 106 valence electrons. The average molecular weight is 264 g/mol. The predicted molar refractivity (Wildman–Crippen MR) is 78.4 cm³/mol. The second kappa shape index (κ2) is 6.06. The number of rotatable bonds is 4. The molecule has 4 nitrogen and oxygen atoms in total. The zero-order valence-electron chi connectivity index (χ0n) is 12.4. The van der Waals surface area contributed by atoms with Gasteiger partial charge >= 0.3 is 0 Å². The normalized spacial score (nSPS) is 12.9. The van der Waals surface area contributed by atoms with Gasteiger partial charge in [-0.2, -0.15) is 0 Å². The van der Waals surface area contributed by atoms with Crippen LogP contribution >= 0.6 is 0 Å². The number of hydrogen-bond acceptors (Lipinski definition) is 3. The first-order valence-corrected chi connectivity index (χ1v) is 6.55. The van der Waals surface area contributed by atoms with Gasteiger partial charge in [-0.15, -0.1) is 0 Å². The van der Waals surface area contributed by atoms with Gasteiger partial charge in [0.2, 0.25) is 5.91 Å². The highest BCUT2D eigenvalue weighted by Crippen LogP contribution is 2.27. The summed E-state index contributed by atoms with van der Waals surface area (Å²) in [5.74, 6) is 0.481. The van der Waals surface area contributed by atoms with E-state index in [1.165, 1.54) is 0 Å². The van der Waals surface area contributed by atoms with Crippen LogP contribution in [-0.2, 0) is 4.79 Å². The van der Waals surface area contributed by atoms with E-state index in [1.54, 1.807) is 0 Å². The number of anilines is 1. The molecule has 0 aliphatic carbocycles. The third-order valence-electron chi connectivity index (χ3n) is 2.91. The molecule has 19 heavy (non-hydrogen) atoms. The van der Waals surface area contributed by atoms with E-state index in [-0.39, 0.29) is 11.3 Å². The fraction of sp³-hybridized carbons (Fsp3) is 0.533. The predicted octanol–water partition coefficient (Wildman–Crippen LogP) is 2.71. The molecular weight excluding hydrogens is 240 g/mol. The highest BCUT2D eigenvalue weighted by atomic mass is 16.5. The molecule has 1 atom stereocenters. The van der Waals surface area contributed by atoms with Gasteiger partial charge in [-0.3, -0.25) is 4.79 Å². The van der Waals surface area contributed by atoms with E-state index in [1.807, 2.05) is 52.8 Å². The van der Waals surface area contributed by atoms with Crippen molar-refractivity contribution in [1.29, 1.82) is 0 Å². The van der Waals surface area contributed by atoms with Crippen LogP contribution in [0.2, 0.25) is 0 Å². The lowest BCUT2D eigenvalue weighted by Crippen LogP contribution is -2.45. The van der Waals surface area contributed by atoms with Crippen LogP contribution in [0, 0.1) is 12.3 Å². The molecule has 0 aromatic heterocycles. The summed E-state index contributed by atoms with van der Waals surface area (Å²) >= 11 is 0. The van der Waals surface area contributed by atoms with Gasteiger partial charge in [-0.25, -0.2) is 0 Å². The monoisotopic (exact) mass is 264 g/mol. The summed E-state index contributed by atoms with van der Waals surface area (Å²) in [6.07, 6.45) is 0. The van der Waals surface area contributed by atoms with Gasteiger partial charge in [0.25, 0.3) is 0 Å². The van der Waals surface area contributed by atoms with Gasteiger partial charge in [0.1, 0.15) is 5.75 Å². The van der Waals surface area contributed by atoms with Gasteiger partial charge < -0.3 is 15.8 Å². The highest BCUT2D eigenvalue weighted by molar-refractivity contribution is 5.96. The molecule has 1 aromatic carbocycles. The smallest absolute Gasteiger partial charge is 0.241 e. The number of aryl methyl sites for hydroxylation is 1. The van der Waals surface area contributed by atoms with Gasteiger partial charge in [0.15, 0.2) is 0 Å². The lowest BCUT2D eigenvalue weighted by Gasteiger charge is -2.26. The first kappa shape index (κ1) is 15.5. The summed E-state index contributed by atoms with van der Waals surface area (Å²) < 4.78 is 5.53. The Morgan fingerprint density at radius 2 is 2.05 bits per heavy atom. The third-order valence-corrected chi connectivity index (χ3v) is 2.91. The topological polar surface area (TPSA) is 64.3 Å². The second-order valence-corrected chi connectivity index (χ2v) is 5.77. The number of carbonyl (C=O) groups is 1. The van der Waals surface area contributed by atoms with Gasteiger partial charge in [0.05, 0.1) is 18.3 Å². The van der Waals surface area contributed by atoms with Crippen molar-refractivity contribution in [2.75, 3.05) is 11.9 Å². The Morgan fingerprint density at radius 3 is 2.58 bits per heavy atom. The molecule has 0 saturated carbocycles. The number of nitrogens with one attached hydrogen (secondary N) is 1. The summed E-state index contributed by atoms with van der Waals surface area (Å²) in [4.78, 5) is 12.1. The SMILES string of the molecule is CCOc1cc(C)ccc1NC(=O)[C@@H](N)C(C)(C)C. The van der Waals surface area contributed by atoms with Gasteiger partial charge in [-0.1, -0.05) is 26.8 Å². The summed E-state index contributed by atoms with van der Waals surface area (Å²) in [5, 5.41) is 2.84. The van der Waals surface area contributed by atoms with Crippen molar-refractivity contribution >= 4 is 11.6 Å². The maximum absolute atomic E-state index is 12.1. The molecule has 0 saturated heterocycles. The Labute approximate surface area is 115 Å². The van der Waals surface area contributed by atoms with Crippen LogP contribution < -0.4 is 15.8 Å². The van der Waals surface area contributed by atoms with Crippen molar-refractivity contribution in [2.45, 2.75) is 40.7 Å². The number of carbonyl (C=O) groups excluding carboxylic acids is 1. The Kier molecular flexibility index (Phi) is 4.95. The fourth-order valence-corrected chi connectivity index (χ4v) is 1.61. The second-order valence-electron chi connectivity index (χ2n) is 5.77. The zero-order valence-corrected chi connectivity index (χ0v) is 12.4. The summed E-state index contributed by atoms with van der Waals surface area (Å²) in [5.41, 5.74) is 7.41. The summed E-state index contributed by atoms with van der Waals surface area (Å²) in [7, 11) is 0. The van der Waals surface area contributed by atoms with E-state index in [0.29, 0.717) is 18.0 Å². The van der Waals surface area contributed by atoms with E-state index in [0.717, 1.165) is 5.56 Å². The Balaban J connectivity index is 2.90. The van der Waals surface area contributed by atoms with Crippen LogP contribution in [-0.4, -0.2) is 18.6 Å². The van der Waals surface area contributed by atoms with Crippen LogP contribution in [0.4, 0.5) is 5.69 Å². The van der Waals surface area contributed by atoms with Crippen LogP contribution in [0.15, 0.2) is 18.2 Å². The van der Waals surface area contributed by atoms with E-state index < -0.39 is 6.04 Å². The van der Waals surface area contributed by atoms with Crippen LogP contribution in [0.1, 0.15) is 33.3 Å². The molecule has 1 amide bonds. The lowest BCUT2D eigenvalue weighted by atomic mass is 9.87.